The Bertz CT molecular complexity index is 395. The van der Waals surface area contributed by atoms with Crippen molar-refractivity contribution >= 4 is 5.69 Å². The molecule has 1 aromatic carbocycles. The van der Waals surface area contributed by atoms with Gasteiger partial charge >= 0.3 is 0 Å². The van der Waals surface area contributed by atoms with Crippen molar-refractivity contribution in [1.82, 2.24) is 0 Å². The number of anilines is 1. The SMILES string of the molecule is CC1CN(c2cccc(F)c2[C@@H](C)N)CCO1. The summed E-state index contributed by atoms with van der Waals surface area (Å²) in [4.78, 5) is 2.15. The van der Waals surface area contributed by atoms with E-state index in [2.05, 4.69) is 4.90 Å². The summed E-state index contributed by atoms with van der Waals surface area (Å²) in [5, 5.41) is 0. The first-order valence-corrected chi connectivity index (χ1v) is 6.00. The minimum absolute atomic E-state index is 0.174. The molecule has 0 aromatic heterocycles. The van der Waals surface area contributed by atoms with Crippen LogP contribution in [-0.4, -0.2) is 25.8 Å². The second kappa shape index (κ2) is 5.02. The molecule has 2 atom stereocenters. The number of hydrogen-bond acceptors (Lipinski definition) is 3. The largest absolute Gasteiger partial charge is 0.375 e. The maximum atomic E-state index is 13.8. The molecule has 0 bridgehead atoms. The number of nitrogens with zero attached hydrogens (tertiary/aromatic N) is 1. The Morgan fingerprint density at radius 3 is 2.94 bits per heavy atom. The highest BCUT2D eigenvalue weighted by Crippen LogP contribution is 2.29. The van der Waals surface area contributed by atoms with Gasteiger partial charge in [0.2, 0.25) is 0 Å². The summed E-state index contributed by atoms with van der Waals surface area (Å²) in [6.45, 7) is 6.08. The van der Waals surface area contributed by atoms with Crippen molar-refractivity contribution in [3.05, 3.63) is 29.6 Å². The van der Waals surface area contributed by atoms with Gasteiger partial charge in [-0.2, -0.15) is 0 Å². The molecular weight excluding hydrogens is 219 g/mol. The Morgan fingerprint density at radius 1 is 1.53 bits per heavy atom. The minimum Gasteiger partial charge on any atom is -0.375 e. The van der Waals surface area contributed by atoms with E-state index in [-0.39, 0.29) is 18.0 Å². The summed E-state index contributed by atoms with van der Waals surface area (Å²) in [5.74, 6) is -0.225. The molecule has 0 amide bonds. The van der Waals surface area contributed by atoms with Gasteiger partial charge in [-0.05, 0) is 26.0 Å². The second-order valence-electron chi connectivity index (χ2n) is 4.59. The fourth-order valence-electron chi connectivity index (χ4n) is 2.29. The second-order valence-corrected chi connectivity index (χ2v) is 4.59. The fraction of sp³-hybridized carbons (Fsp3) is 0.538. The van der Waals surface area contributed by atoms with Gasteiger partial charge in [0.15, 0.2) is 0 Å². The smallest absolute Gasteiger partial charge is 0.130 e. The minimum atomic E-state index is -0.302. The highest BCUT2D eigenvalue weighted by atomic mass is 19.1. The number of nitrogens with two attached hydrogens (primary N) is 1. The first kappa shape index (κ1) is 12.3. The van der Waals surface area contributed by atoms with Crippen molar-refractivity contribution in [3.8, 4) is 0 Å². The average molecular weight is 238 g/mol. The summed E-state index contributed by atoms with van der Waals surface area (Å²) in [6.07, 6.45) is 0.174. The zero-order chi connectivity index (χ0) is 12.4. The number of rotatable bonds is 2. The van der Waals surface area contributed by atoms with Gasteiger partial charge in [0, 0.05) is 30.4 Å². The van der Waals surface area contributed by atoms with Gasteiger partial charge < -0.3 is 15.4 Å². The molecule has 1 saturated heterocycles. The summed E-state index contributed by atoms with van der Waals surface area (Å²) in [5.41, 5.74) is 7.36. The van der Waals surface area contributed by atoms with Gasteiger partial charge in [-0.25, -0.2) is 4.39 Å². The fourth-order valence-corrected chi connectivity index (χ4v) is 2.29. The number of ether oxygens (including phenoxy) is 1. The van der Waals surface area contributed by atoms with Gasteiger partial charge in [-0.15, -0.1) is 0 Å². The lowest BCUT2D eigenvalue weighted by Crippen LogP contribution is -2.41. The third-order valence-electron chi connectivity index (χ3n) is 3.07. The maximum Gasteiger partial charge on any atom is 0.130 e. The van der Waals surface area contributed by atoms with Crippen molar-refractivity contribution in [2.75, 3.05) is 24.6 Å². The van der Waals surface area contributed by atoms with E-state index in [0.717, 1.165) is 18.8 Å². The Morgan fingerprint density at radius 2 is 2.29 bits per heavy atom. The van der Waals surface area contributed by atoms with E-state index in [4.69, 9.17) is 10.5 Å². The van der Waals surface area contributed by atoms with Crippen LogP contribution in [0.4, 0.5) is 10.1 Å². The predicted molar refractivity (Wildman–Crippen MR) is 66.6 cm³/mol. The maximum absolute atomic E-state index is 13.8. The molecule has 17 heavy (non-hydrogen) atoms. The molecule has 1 fully saturated rings. The monoisotopic (exact) mass is 238 g/mol. The van der Waals surface area contributed by atoms with E-state index in [0.29, 0.717) is 12.2 Å². The molecule has 1 heterocycles. The number of benzene rings is 1. The van der Waals surface area contributed by atoms with Crippen LogP contribution < -0.4 is 10.6 Å². The van der Waals surface area contributed by atoms with E-state index in [1.165, 1.54) is 6.07 Å². The number of morpholine rings is 1. The highest BCUT2D eigenvalue weighted by Gasteiger charge is 2.22. The van der Waals surface area contributed by atoms with E-state index >= 15 is 0 Å². The zero-order valence-corrected chi connectivity index (χ0v) is 10.3. The molecule has 2 rings (SSSR count). The molecule has 0 saturated carbocycles. The van der Waals surface area contributed by atoms with Crippen LogP contribution in [0.1, 0.15) is 25.5 Å². The normalized spacial score (nSPS) is 22.6. The Hall–Kier alpha value is -1.13. The van der Waals surface area contributed by atoms with Gasteiger partial charge in [0.05, 0.1) is 12.7 Å². The zero-order valence-electron chi connectivity index (χ0n) is 10.3. The molecule has 1 aromatic rings. The molecule has 0 aliphatic carbocycles. The van der Waals surface area contributed by atoms with E-state index in [1.54, 1.807) is 6.07 Å². The third-order valence-corrected chi connectivity index (χ3v) is 3.07. The first-order chi connectivity index (χ1) is 8.09. The summed E-state index contributed by atoms with van der Waals surface area (Å²) in [7, 11) is 0. The van der Waals surface area contributed by atoms with Crippen molar-refractivity contribution in [1.29, 1.82) is 0 Å². The van der Waals surface area contributed by atoms with Crippen molar-refractivity contribution < 1.29 is 9.13 Å². The molecule has 3 nitrogen and oxygen atoms in total. The van der Waals surface area contributed by atoms with Gasteiger partial charge in [0.1, 0.15) is 5.82 Å². The van der Waals surface area contributed by atoms with E-state index in [9.17, 15) is 4.39 Å². The predicted octanol–water partition coefficient (Wildman–Crippen LogP) is 2.07. The quantitative estimate of drug-likeness (QED) is 0.857. The van der Waals surface area contributed by atoms with Crippen LogP contribution in [0.25, 0.3) is 0 Å². The van der Waals surface area contributed by atoms with Crippen LogP contribution in [-0.2, 0) is 4.74 Å². The molecular formula is C13H19FN2O. The molecule has 0 spiro atoms. The number of hydrogen-bond donors (Lipinski definition) is 1. The van der Waals surface area contributed by atoms with Crippen LogP contribution in [0.5, 0.6) is 0 Å². The van der Waals surface area contributed by atoms with Crippen LogP contribution >= 0.6 is 0 Å². The van der Waals surface area contributed by atoms with Crippen LogP contribution in [0.15, 0.2) is 18.2 Å². The molecule has 0 radical (unpaired) electrons. The first-order valence-electron chi connectivity index (χ1n) is 6.00. The lowest BCUT2D eigenvalue weighted by atomic mass is 10.0. The molecule has 1 unspecified atom stereocenters. The Balaban J connectivity index is 2.34. The van der Waals surface area contributed by atoms with Gasteiger partial charge in [-0.1, -0.05) is 6.07 Å². The van der Waals surface area contributed by atoms with Gasteiger partial charge in [-0.3, -0.25) is 0 Å². The van der Waals surface area contributed by atoms with Crippen molar-refractivity contribution in [2.24, 2.45) is 5.73 Å². The lowest BCUT2D eigenvalue weighted by Gasteiger charge is -2.34. The third kappa shape index (κ3) is 2.58. The summed E-state index contributed by atoms with van der Waals surface area (Å²) in [6, 6.07) is 4.83. The van der Waals surface area contributed by atoms with Crippen molar-refractivity contribution in [3.63, 3.8) is 0 Å². The molecule has 1 aliphatic heterocycles. The van der Waals surface area contributed by atoms with E-state index < -0.39 is 0 Å². The molecule has 1 aliphatic rings. The standard InChI is InChI=1S/C13H19FN2O/c1-9-8-16(6-7-17-9)12-5-3-4-11(14)13(12)10(2)15/h3-5,9-10H,6-8,15H2,1-2H3/t9?,10-/m1/s1. The molecule has 94 valence electrons. The van der Waals surface area contributed by atoms with Gasteiger partial charge in [0.25, 0.3) is 0 Å². The summed E-state index contributed by atoms with van der Waals surface area (Å²) >= 11 is 0. The molecule has 4 heteroatoms. The lowest BCUT2D eigenvalue weighted by molar-refractivity contribution is 0.0531. The number of halogens is 1. The Labute approximate surface area is 101 Å². The molecule has 2 N–H and O–H groups in total. The van der Waals surface area contributed by atoms with Crippen LogP contribution in [0.2, 0.25) is 0 Å². The average Bonchev–Trinajstić information content (AvgIpc) is 2.28. The Kier molecular flexibility index (Phi) is 3.64. The topological polar surface area (TPSA) is 38.5 Å². The van der Waals surface area contributed by atoms with Crippen molar-refractivity contribution in [2.45, 2.75) is 26.0 Å². The van der Waals surface area contributed by atoms with Crippen LogP contribution in [0.3, 0.4) is 0 Å². The highest BCUT2D eigenvalue weighted by molar-refractivity contribution is 5.55. The summed E-state index contributed by atoms with van der Waals surface area (Å²) < 4.78 is 19.3. The van der Waals surface area contributed by atoms with E-state index in [1.807, 2.05) is 19.9 Å². The van der Waals surface area contributed by atoms with Crippen LogP contribution in [0, 0.1) is 5.82 Å².